The van der Waals surface area contributed by atoms with Crippen LogP contribution in [0.1, 0.15) is 40.0 Å². The van der Waals surface area contributed by atoms with E-state index >= 15 is 0 Å². The van der Waals surface area contributed by atoms with Crippen molar-refractivity contribution in [1.82, 2.24) is 9.71 Å². The van der Waals surface area contributed by atoms with Crippen molar-refractivity contribution < 1.29 is 8.42 Å². The van der Waals surface area contributed by atoms with Crippen LogP contribution in [-0.4, -0.2) is 26.0 Å². The summed E-state index contributed by atoms with van der Waals surface area (Å²) in [6.45, 7) is 6.54. The zero-order chi connectivity index (χ0) is 15.2. The molecule has 2 N–H and O–H groups in total. The fourth-order valence-electron chi connectivity index (χ4n) is 1.90. The van der Waals surface area contributed by atoms with Crippen molar-refractivity contribution in [3.8, 4) is 0 Å². The Morgan fingerprint density at radius 2 is 2.05 bits per heavy atom. The van der Waals surface area contributed by atoms with E-state index in [1.807, 2.05) is 20.8 Å². The Labute approximate surface area is 129 Å². The number of halogens is 1. The van der Waals surface area contributed by atoms with Crippen molar-refractivity contribution in [2.24, 2.45) is 0 Å². The van der Waals surface area contributed by atoms with Crippen LogP contribution in [0, 0.1) is 0 Å². The van der Waals surface area contributed by atoms with Gasteiger partial charge in [0.25, 0.3) is 0 Å². The Bertz CT molecular complexity index is 534. The second-order valence-corrected chi connectivity index (χ2v) is 7.14. The third-order valence-electron chi connectivity index (χ3n) is 2.90. The Morgan fingerprint density at radius 3 is 2.60 bits per heavy atom. The monoisotopic (exact) mass is 363 g/mol. The van der Waals surface area contributed by atoms with E-state index in [2.05, 4.69) is 31.0 Å². The first-order valence-electron chi connectivity index (χ1n) is 6.86. The molecule has 0 radical (unpaired) electrons. The first kappa shape index (κ1) is 17.4. The Balaban J connectivity index is 3.10. The number of anilines is 1. The van der Waals surface area contributed by atoms with Crippen LogP contribution in [0.25, 0.3) is 0 Å². The molecule has 1 atom stereocenters. The molecule has 114 valence electrons. The molecule has 1 rings (SSSR count). The van der Waals surface area contributed by atoms with Gasteiger partial charge in [-0.05, 0) is 41.8 Å². The normalized spacial score (nSPS) is 13.2. The van der Waals surface area contributed by atoms with E-state index in [-0.39, 0.29) is 10.9 Å². The van der Waals surface area contributed by atoms with Gasteiger partial charge < -0.3 is 5.32 Å². The number of nitrogens with zero attached hydrogens (tertiary/aromatic N) is 1. The third kappa shape index (κ3) is 4.71. The molecule has 5 nitrogen and oxygen atoms in total. The summed E-state index contributed by atoms with van der Waals surface area (Å²) in [4.78, 5) is 4.32. The van der Waals surface area contributed by atoms with E-state index in [9.17, 15) is 8.42 Å². The van der Waals surface area contributed by atoms with Crippen LogP contribution in [0.5, 0.6) is 0 Å². The minimum absolute atomic E-state index is 0.0431. The van der Waals surface area contributed by atoms with E-state index in [4.69, 9.17) is 0 Å². The average molecular weight is 364 g/mol. The van der Waals surface area contributed by atoms with Gasteiger partial charge in [0.15, 0.2) is 0 Å². The molecule has 0 amide bonds. The molecule has 0 fully saturated rings. The lowest BCUT2D eigenvalue weighted by molar-refractivity contribution is 0.512. The highest BCUT2D eigenvalue weighted by atomic mass is 79.9. The van der Waals surface area contributed by atoms with Crippen LogP contribution in [0.4, 0.5) is 5.82 Å². The van der Waals surface area contributed by atoms with Crippen LogP contribution in [0.2, 0.25) is 0 Å². The molecule has 1 aromatic rings. The topological polar surface area (TPSA) is 71.1 Å². The number of hydrogen-bond donors (Lipinski definition) is 2. The second-order valence-electron chi connectivity index (χ2n) is 4.55. The number of nitrogens with one attached hydrogen (secondary N) is 2. The molecule has 0 spiro atoms. The molecule has 0 aromatic carbocycles. The van der Waals surface area contributed by atoms with Crippen LogP contribution in [-0.2, 0) is 10.0 Å². The van der Waals surface area contributed by atoms with Gasteiger partial charge in [-0.25, -0.2) is 18.1 Å². The van der Waals surface area contributed by atoms with Gasteiger partial charge in [0.05, 0.1) is 0 Å². The van der Waals surface area contributed by atoms with Crippen molar-refractivity contribution in [2.45, 2.75) is 51.0 Å². The lowest BCUT2D eigenvalue weighted by atomic mass is 10.1. The first-order valence-corrected chi connectivity index (χ1v) is 9.13. The predicted octanol–water partition coefficient (Wildman–Crippen LogP) is 3.13. The van der Waals surface area contributed by atoms with Gasteiger partial charge in [0.1, 0.15) is 10.7 Å². The minimum Gasteiger partial charge on any atom is -0.369 e. The Morgan fingerprint density at radius 1 is 1.35 bits per heavy atom. The summed E-state index contributed by atoms with van der Waals surface area (Å²) < 4.78 is 28.4. The van der Waals surface area contributed by atoms with Crippen molar-refractivity contribution in [3.05, 3.63) is 16.7 Å². The SMILES string of the molecule is CCCC(CC)NS(=O)(=O)c1cc(Br)cnc1NCC. The molecular formula is C13H22BrN3O2S. The lowest BCUT2D eigenvalue weighted by Crippen LogP contribution is -2.34. The van der Waals surface area contributed by atoms with Crippen LogP contribution >= 0.6 is 15.9 Å². The average Bonchev–Trinajstić information content (AvgIpc) is 2.40. The van der Waals surface area contributed by atoms with Gasteiger partial charge in [-0.3, -0.25) is 0 Å². The largest absolute Gasteiger partial charge is 0.369 e. The maximum Gasteiger partial charge on any atom is 0.244 e. The smallest absolute Gasteiger partial charge is 0.244 e. The molecular weight excluding hydrogens is 342 g/mol. The third-order valence-corrected chi connectivity index (χ3v) is 4.87. The van der Waals surface area contributed by atoms with E-state index in [0.717, 1.165) is 19.3 Å². The van der Waals surface area contributed by atoms with E-state index in [1.54, 1.807) is 12.3 Å². The van der Waals surface area contributed by atoms with Crippen molar-refractivity contribution in [1.29, 1.82) is 0 Å². The summed E-state index contributed by atoms with van der Waals surface area (Å²) in [7, 11) is -3.57. The molecule has 7 heteroatoms. The highest BCUT2D eigenvalue weighted by molar-refractivity contribution is 9.10. The molecule has 1 unspecified atom stereocenters. The molecule has 0 saturated heterocycles. The summed E-state index contributed by atoms with van der Waals surface area (Å²) in [5.74, 6) is 0.384. The van der Waals surface area contributed by atoms with Crippen LogP contribution in [0.15, 0.2) is 21.6 Å². The molecule has 0 saturated carbocycles. The molecule has 1 aromatic heterocycles. The van der Waals surface area contributed by atoms with Crippen molar-refractivity contribution >= 4 is 31.8 Å². The maximum absolute atomic E-state index is 12.5. The maximum atomic E-state index is 12.5. The Hall–Kier alpha value is -0.660. The van der Waals surface area contributed by atoms with Gasteiger partial charge in [-0.2, -0.15) is 0 Å². The quantitative estimate of drug-likeness (QED) is 0.744. The number of sulfonamides is 1. The van der Waals surface area contributed by atoms with Crippen molar-refractivity contribution in [3.63, 3.8) is 0 Å². The molecule has 20 heavy (non-hydrogen) atoms. The minimum atomic E-state index is -3.57. The highest BCUT2D eigenvalue weighted by Crippen LogP contribution is 2.23. The second kappa shape index (κ2) is 7.95. The summed E-state index contributed by atoms with van der Waals surface area (Å²) in [6.07, 6.45) is 4.12. The van der Waals surface area contributed by atoms with Gasteiger partial charge in [-0.1, -0.05) is 20.3 Å². The summed E-state index contributed by atoms with van der Waals surface area (Å²) >= 11 is 3.27. The van der Waals surface area contributed by atoms with Gasteiger partial charge >= 0.3 is 0 Å². The highest BCUT2D eigenvalue weighted by Gasteiger charge is 2.23. The molecule has 1 heterocycles. The number of pyridine rings is 1. The van der Waals surface area contributed by atoms with Gasteiger partial charge in [0.2, 0.25) is 10.0 Å². The Kier molecular flexibility index (Phi) is 6.91. The fraction of sp³-hybridized carbons (Fsp3) is 0.615. The van der Waals surface area contributed by atoms with E-state index in [1.165, 1.54) is 0 Å². The standard InChI is InChI=1S/C13H22BrN3O2S/c1-4-7-11(5-2)17-20(18,19)12-8-10(14)9-16-13(12)15-6-3/h8-9,11,17H,4-7H2,1-3H3,(H,15,16). The lowest BCUT2D eigenvalue weighted by Gasteiger charge is -2.18. The van der Waals surface area contributed by atoms with E-state index in [0.29, 0.717) is 16.8 Å². The molecule has 0 bridgehead atoms. The summed E-state index contributed by atoms with van der Waals surface area (Å²) in [5.41, 5.74) is 0. The zero-order valence-corrected chi connectivity index (χ0v) is 14.5. The van der Waals surface area contributed by atoms with Gasteiger partial charge in [-0.15, -0.1) is 0 Å². The van der Waals surface area contributed by atoms with Gasteiger partial charge in [0, 0.05) is 23.3 Å². The summed E-state index contributed by atoms with van der Waals surface area (Å²) in [6, 6.07) is 1.53. The predicted molar refractivity (Wildman–Crippen MR) is 85.4 cm³/mol. The number of aromatic nitrogens is 1. The molecule has 0 aliphatic rings. The molecule has 0 aliphatic heterocycles. The summed E-state index contributed by atoms with van der Waals surface area (Å²) in [5, 5.41) is 2.98. The van der Waals surface area contributed by atoms with Crippen molar-refractivity contribution in [2.75, 3.05) is 11.9 Å². The van der Waals surface area contributed by atoms with Crippen LogP contribution < -0.4 is 10.0 Å². The van der Waals surface area contributed by atoms with Crippen LogP contribution in [0.3, 0.4) is 0 Å². The fourth-order valence-corrected chi connectivity index (χ4v) is 3.90. The zero-order valence-electron chi connectivity index (χ0n) is 12.1. The molecule has 0 aliphatic carbocycles. The van der Waals surface area contributed by atoms with E-state index < -0.39 is 10.0 Å². The number of rotatable bonds is 8. The first-order chi connectivity index (χ1) is 9.44. The number of hydrogen-bond acceptors (Lipinski definition) is 4.